The predicted octanol–water partition coefficient (Wildman–Crippen LogP) is 2.19. The first-order valence-corrected chi connectivity index (χ1v) is 7.50. The fraction of sp³-hybridized carbons (Fsp3) is 0.467. The Bertz CT molecular complexity index is 635. The average molecular weight is 301 g/mol. The second kappa shape index (κ2) is 6.55. The van der Waals surface area contributed by atoms with Crippen LogP contribution in [-0.2, 0) is 4.79 Å². The van der Waals surface area contributed by atoms with Gasteiger partial charge in [0.2, 0.25) is 5.91 Å². The van der Waals surface area contributed by atoms with Gasteiger partial charge in [0.15, 0.2) is 0 Å². The molecule has 0 spiro atoms. The van der Waals surface area contributed by atoms with Gasteiger partial charge in [0, 0.05) is 11.6 Å². The zero-order chi connectivity index (χ0) is 15.4. The standard InChI is InChI=1S/C15H19N5O2/c1-22-14-8-7-12(9-13(14)20-10-16-18-19-20)17-15(21)11-5-3-2-4-6-11/h7-11H,2-6H2,1H3,(H,17,21). The van der Waals surface area contributed by atoms with E-state index in [2.05, 4.69) is 20.8 Å². The Morgan fingerprint density at radius 3 is 2.82 bits per heavy atom. The van der Waals surface area contributed by atoms with Gasteiger partial charge < -0.3 is 10.1 Å². The molecular weight excluding hydrogens is 282 g/mol. The minimum absolute atomic E-state index is 0.0903. The molecule has 1 aliphatic rings. The Balaban J connectivity index is 1.79. The molecule has 0 unspecified atom stereocenters. The summed E-state index contributed by atoms with van der Waals surface area (Å²) in [5.41, 5.74) is 1.41. The summed E-state index contributed by atoms with van der Waals surface area (Å²) in [5.74, 6) is 0.850. The summed E-state index contributed by atoms with van der Waals surface area (Å²) in [6.07, 6.45) is 6.94. The van der Waals surface area contributed by atoms with Crippen molar-refractivity contribution in [1.29, 1.82) is 0 Å². The van der Waals surface area contributed by atoms with E-state index >= 15 is 0 Å². The van der Waals surface area contributed by atoms with Crippen molar-refractivity contribution in [1.82, 2.24) is 20.2 Å². The number of nitrogens with one attached hydrogen (secondary N) is 1. The summed E-state index contributed by atoms with van der Waals surface area (Å²) in [7, 11) is 1.59. The lowest BCUT2D eigenvalue weighted by molar-refractivity contribution is -0.120. The van der Waals surface area contributed by atoms with Crippen LogP contribution in [0.3, 0.4) is 0 Å². The molecule has 3 rings (SSSR count). The molecule has 1 saturated carbocycles. The lowest BCUT2D eigenvalue weighted by Crippen LogP contribution is -2.24. The van der Waals surface area contributed by atoms with Gasteiger partial charge in [0.1, 0.15) is 17.8 Å². The molecule has 1 fully saturated rings. The Hall–Kier alpha value is -2.44. The van der Waals surface area contributed by atoms with Crippen molar-refractivity contribution in [2.45, 2.75) is 32.1 Å². The van der Waals surface area contributed by atoms with E-state index in [1.54, 1.807) is 13.2 Å². The summed E-state index contributed by atoms with van der Waals surface area (Å²) >= 11 is 0. The molecule has 22 heavy (non-hydrogen) atoms. The fourth-order valence-corrected chi connectivity index (χ4v) is 2.83. The number of methoxy groups -OCH3 is 1. The molecule has 1 aromatic heterocycles. The number of anilines is 1. The van der Waals surface area contributed by atoms with Crippen LogP contribution < -0.4 is 10.1 Å². The van der Waals surface area contributed by atoms with Gasteiger partial charge in [-0.2, -0.15) is 4.68 Å². The van der Waals surface area contributed by atoms with Crippen LogP contribution in [0.25, 0.3) is 5.69 Å². The first-order valence-electron chi connectivity index (χ1n) is 7.50. The quantitative estimate of drug-likeness (QED) is 0.936. The molecule has 1 aliphatic carbocycles. The SMILES string of the molecule is COc1ccc(NC(=O)C2CCCCC2)cc1-n1cnnn1. The van der Waals surface area contributed by atoms with E-state index in [1.165, 1.54) is 17.4 Å². The molecule has 0 atom stereocenters. The van der Waals surface area contributed by atoms with Crippen molar-refractivity contribution in [3.63, 3.8) is 0 Å². The molecule has 0 radical (unpaired) electrons. The lowest BCUT2D eigenvalue weighted by Gasteiger charge is -2.21. The first kappa shape index (κ1) is 14.5. The zero-order valence-corrected chi connectivity index (χ0v) is 12.5. The van der Waals surface area contributed by atoms with Crippen LogP contribution in [0, 0.1) is 5.92 Å². The molecule has 0 bridgehead atoms. The van der Waals surface area contributed by atoms with Crippen molar-refractivity contribution in [2.24, 2.45) is 5.92 Å². The predicted molar refractivity (Wildman–Crippen MR) is 80.9 cm³/mol. The number of nitrogens with zero attached hydrogens (tertiary/aromatic N) is 4. The van der Waals surface area contributed by atoms with Gasteiger partial charge in [0.05, 0.1) is 7.11 Å². The molecule has 0 saturated heterocycles. The lowest BCUT2D eigenvalue weighted by atomic mass is 9.88. The van der Waals surface area contributed by atoms with E-state index in [4.69, 9.17) is 4.74 Å². The number of benzene rings is 1. The van der Waals surface area contributed by atoms with Crippen LogP contribution in [0.1, 0.15) is 32.1 Å². The number of amides is 1. The number of rotatable bonds is 4. The Morgan fingerprint density at radius 1 is 1.32 bits per heavy atom. The molecule has 7 nitrogen and oxygen atoms in total. The number of carbonyl (C=O) groups excluding carboxylic acids is 1. The number of hydrogen-bond acceptors (Lipinski definition) is 5. The van der Waals surface area contributed by atoms with Crippen molar-refractivity contribution in [3.05, 3.63) is 24.5 Å². The van der Waals surface area contributed by atoms with E-state index in [-0.39, 0.29) is 11.8 Å². The van der Waals surface area contributed by atoms with Crippen molar-refractivity contribution < 1.29 is 9.53 Å². The third kappa shape index (κ3) is 3.08. The first-order chi connectivity index (χ1) is 10.8. The van der Waals surface area contributed by atoms with Crippen LogP contribution in [0.5, 0.6) is 5.75 Å². The molecule has 116 valence electrons. The maximum atomic E-state index is 12.3. The fourth-order valence-electron chi connectivity index (χ4n) is 2.83. The highest BCUT2D eigenvalue weighted by Gasteiger charge is 2.21. The van der Waals surface area contributed by atoms with Crippen molar-refractivity contribution >= 4 is 11.6 Å². The second-order valence-corrected chi connectivity index (χ2v) is 5.47. The van der Waals surface area contributed by atoms with Crippen LogP contribution in [0.4, 0.5) is 5.69 Å². The van der Waals surface area contributed by atoms with Crippen LogP contribution >= 0.6 is 0 Å². The number of tetrazole rings is 1. The summed E-state index contributed by atoms with van der Waals surface area (Å²) in [6.45, 7) is 0. The Labute approximate surface area is 128 Å². The number of aromatic nitrogens is 4. The van der Waals surface area contributed by atoms with Crippen molar-refractivity contribution in [2.75, 3.05) is 12.4 Å². The van der Waals surface area contributed by atoms with Crippen LogP contribution in [0.2, 0.25) is 0 Å². The third-order valence-corrected chi connectivity index (χ3v) is 4.02. The Morgan fingerprint density at radius 2 is 2.14 bits per heavy atom. The highest BCUT2D eigenvalue weighted by molar-refractivity contribution is 5.93. The summed E-state index contributed by atoms with van der Waals surface area (Å²) in [6, 6.07) is 5.44. The maximum Gasteiger partial charge on any atom is 0.227 e. The highest BCUT2D eigenvalue weighted by Crippen LogP contribution is 2.28. The largest absolute Gasteiger partial charge is 0.494 e. The molecule has 1 N–H and O–H groups in total. The minimum atomic E-state index is 0.0903. The molecular formula is C15H19N5O2. The average Bonchev–Trinajstić information content (AvgIpc) is 3.10. The topological polar surface area (TPSA) is 81.9 Å². The van der Waals surface area contributed by atoms with E-state index in [1.807, 2.05) is 12.1 Å². The highest BCUT2D eigenvalue weighted by atomic mass is 16.5. The minimum Gasteiger partial charge on any atom is -0.494 e. The third-order valence-electron chi connectivity index (χ3n) is 4.02. The van der Waals surface area contributed by atoms with Gasteiger partial charge in [-0.25, -0.2) is 0 Å². The molecule has 2 aromatic rings. The number of hydrogen-bond donors (Lipinski definition) is 1. The summed E-state index contributed by atoms with van der Waals surface area (Å²) in [5, 5.41) is 14.1. The maximum absolute atomic E-state index is 12.3. The smallest absolute Gasteiger partial charge is 0.227 e. The number of carbonyl (C=O) groups is 1. The molecule has 7 heteroatoms. The van der Waals surface area contributed by atoms with Gasteiger partial charge in [-0.15, -0.1) is 5.10 Å². The van der Waals surface area contributed by atoms with Crippen LogP contribution in [-0.4, -0.2) is 33.2 Å². The summed E-state index contributed by atoms with van der Waals surface area (Å²) < 4.78 is 6.83. The Kier molecular flexibility index (Phi) is 4.32. The van der Waals surface area contributed by atoms with Gasteiger partial charge >= 0.3 is 0 Å². The van der Waals surface area contributed by atoms with E-state index in [9.17, 15) is 4.79 Å². The van der Waals surface area contributed by atoms with Gasteiger partial charge in [-0.3, -0.25) is 4.79 Å². The van der Waals surface area contributed by atoms with Gasteiger partial charge in [0.25, 0.3) is 0 Å². The van der Waals surface area contributed by atoms with E-state index in [0.717, 1.165) is 31.4 Å². The second-order valence-electron chi connectivity index (χ2n) is 5.47. The molecule has 1 heterocycles. The van der Waals surface area contributed by atoms with E-state index in [0.29, 0.717) is 11.4 Å². The summed E-state index contributed by atoms with van der Waals surface area (Å²) in [4.78, 5) is 12.3. The van der Waals surface area contributed by atoms with Crippen LogP contribution in [0.15, 0.2) is 24.5 Å². The monoisotopic (exact) mass is 301 g/mol. The van der Waals surface area contributed by atoms with E-state index < -0.39 is 0 Å². The molecule has 0 aliphatic heterocycles. The zero-order valence-electron chi connectivity index (χ0n) is 12.5. The van der Waals surface area contributed by atoms with Crippen molar-refractivity contribution in [3.8, 4) is 11.4 Å². The molecule has 1 aromatic carbocycles. The van der Waals surface area contributed by atoms with Gasteiger partial charge in [-0.1, -0.05) is 19.3 Å². The molecule has 1 amide bonds. The van der Waals surface area contributed by atoms with Gasteiger partial charge in [-0.05, 0) is 41.5 Å². The normalized spacial score (nSPS) is 15.5. The number of ether oxygens (including phenoxy) is 1.